The van der Waals surface area contributed by atoms with Crippen LogP contribution in [0.5, 0.6) is 0 Å². The molecule has 0 saturated heterocycles. The lowest BCUT2D eigenvalue weighted by Gasteiger charge is -2.04. The summed E-state index contributed by atoms with van der Waals surface area (Å²) in [6.45, 7) is 0. The second-order valence-electron chi connectivity index (χ2n) is 5.92. The zero-order valence-electron chi connectivity index (χ0n) is 14.2. The van der Waals surface area contributed by atoms with Gasteiger partial charge in [0.15, 0.2) is 0 Å². The molecule has 4 aromatic rings. The molecule has 27 heavy (non-hydrogen) atoms. The maximum Gasteiger partial charge on any atom is 0.136 e. The van der Waals surface area contributed by atoms with Gasteiger partial charge in [0.2, 0.25) is 0 Å². The molecule has 1 aromatic heterocycles. The van der Waals surface area contributed by atoms with Gasteiger partial charge in [-0.3, -0.25) is 0 Å². The zero-order chi connectivity index (χ0) is 18.6. The van der Waals surface area contributed by atoms with Crippen LogP contribution in [-0.4, -0.2) is 4.98 Å². The predicted octanol–water partition coefficient (Wildman–Crippen LogP) is 6.70. The normalized spacial score (nSPS) is 11.3. The Morgan fingerprint density at radius 1 is 1.04 bits per heavy atom. The molecule has 0 saturated carbocycles. The molecule has 0 aliphatic rings. The topological polar surface area (TPSA) is 48.7 Å². The third kappa shape index (κ3) is 3.92. The lowest BCUT2D eigenvalue weighted by molar-refractivity contribution is 1.36. The number of thiazole rings is 1. The van der Waals surface area contributed by atoms with Gasteiger partial charge in [0, 0.05) is 27.3 Å². The van der Waals surface area contributed by atoms with E-state index in [9.17, 15) is 5.26 Å². The molecule has 0 aliphatic heterocycles. The minimum absolute atomic E-state index is 0.511. The van der Waals surface area contributed by atoms with E-state index in [1.807, 2.05) is 47.8 Å². The van der Waals surface area contributed by atoms with Gasteiger partial charge in [-0.2, -0.15) is 5.26 Å². The number of nitrogens with one attached hydrogen (secondary N) is 1. The molecular formula is C22H14BrN3S. The molecule has 0 radical (unpaired) electrons. The van der Waals surface area contributed by atoms with E-state index >= 15 is 0 Å². The molecule has 4 rings (SSSR count). The van der Waals surface area contributed by atoms with Gasteiger partial charge < -0.3 is 5.32 Å². The highest BCUT2D eigenvalue weighted by Gasteiger charge is 2.09. The fourth-order valence-electron chi connectivity index (χ4n) is 2.73. The number of benzene rings is 3. The van der Waals surface area contributed by atoms with E-state index < -0.39 is 0 Å². The maximum atomic E-state index is 9.55. The average molecular weight is 432 g/mol. The van der Waals surface area contributed by atoms with Crippen molar-refractivity contribution in [1.29, 1.82) is 5.26 Å². The minimum Gasteiger partial charge on any atom is -0.360 e. The van der Waals surface area contributed by atoms with Gasteiger partial charge in [0.25, 0.3) is 0 Å². The quantitative estimate of drug-likeness (QED) is 0.365. The van der Waals surface area contributed by atoms with Crippen LogP contribution in [0.3, 0.4) is 0 Å². The first-order valence-corrected chi connectivity index (χ1v) is 9.98. The van der Waals surface area contributed by atoms with Crippen molar-refractivity contribution in [1.82, 2.24) is 4.98 Å². The Labute approximate surface area is 169 Å². The summed E-state index contributed by atoms with van der Waals surface area (Å²) in [7, 11) is 0. The minimum atomic E-state index is 0.511. The van der Waals surface area contributed by atoms with Crippen molar-refractivity contribution in [3.8, 4) is 17.3 Å². The number of anilines is 1. The van der Waals surface area contributed by atoms with Gasteiger partial charge in [-0.1, -0.05) is 58.4 Å². The summed E-state index contributed by atoms with van der Waals surface area (Å²) < 4.78 is 1.03. The highest BCUT2D eigenvalue weighted by Crippen LogP contribution is 2.27. The van der Waals surface area contributed by atoms with Crippen LogP contribution in [0.2, 0.25) is 0 Å². The van der Waals surface area contributed by atoms with Gasteiger partial charge in [0.1, 0.15) is 16.6 Å². The Morgan fingerprint density at radius 3 is 2.59 bits per heavy atom. The Bertz CT molecular complexity index is 1170. The maximum absolute atomic E-state index is 9.55. The number of halogens is 1. The molecule has 1 N–H and O–H groups in total. The van der Waals surface area contributed by atoms with Crippen LogP contribution in [0, 0.1) is 11.3 Å². The van der Waals surface area contributed by atoms with E-state index in [1.54, 1.807) is 6.20 Å². The van der Waals surface area contributed by atoms with Crippen LogP contribution in [0.4, 0.5) is 5.69 Å². The van der Waals surface area contributed by atoms with Crippen LogP contribution in [0.15, 0.2) is 82.8 Å². The van der Waals surface area contributed by atoms with Crippen molar-refractivity contribution >= 4 is 49.3 Å². The van der Waals surface area contributed by atoms with E-state index in [2.05, 4.69) is 56.6 Å². The molecule has 0 aliphatic carbocycles. The summed E-state index contributed by atoms with van der Waals surface area (Å²) in [6.07, 6.45) is 1.72. The highest BCUT2D eigenvalue weighted by molar-refractivity contribution is 9.10. The third-order valence-electron chi connectivity index (χ3n) is 4.13. The molecule has 1 heterocycles. The van der Waals surface area contributed by atoms with Gasteiger partial charge in [-0.15, -0.1) is 11.3 Å². The fraction of sp³-hybridized carbons (Fsp3) is 0. The SMILES string of the molecule is N#CC(=CNc1ccc2ccccc2c1)c1nc(-c2ccc(Br)cc2)cs1. The largest absolute Gasteiger partial charge is 0.360 e. The first-order valence-electron chi connectivity index (χ1n) is 8.30. The average Bonchev–Trinajstić information content (AvgIpc) is 3.19. The summed E-state index contributed by atoms with van der Waals surface area (Å²) in [5.74, 6) is 0. The monoisotopic (exact) mass is 431 g/mol. The Hall–Kier alpha value is -2.94. The van der Waals surface area contributed by atoms with Gasteiger partial charge >= 0.3 is 0 Å². The van der Waals surface area contributed by atoms with Crippen LogP contribution in [0.25, 0.3) is 27.6 Å². The second kappa shape index (κ2) is 7.75. The summed E-state index contributed by atoms with van der Waals surface area (Å²) in [6, 6.07) is 24.5. The summed E-state index contributed by atoms with van der Waals surface area (Å²) in [4.78, 5) is 4.62. The first-order chi connectivity index (χ1) is 13.2. The standard InChI is InChI=1S/C22H14BrN3S/c23-19-8-5-16(6-9-19)21-14-27-22(26-21)18(12-24)13-25-20-10-7-15-3-1-2-4-17(15)11-20/h1-11,13-14,25H. The summed E-state index contributed by atoms with van der Waals surface area (Å²) in [5, 5.41) is 17.8. The van der Waals surface area contributed by atoms with Crippen molar-refractivity contribution in [2.45, 2.75) is 0 Å². The predicted molar refractivity (Wildman–Crippen MR) is 116 cm³/mol. The van der Waals surface area contributed by atoms with Gasteiger partial charge in [-0.25, -0.2) is 4.98 Å². The number of nitriles is 1. The molecule has 130 valence electrons. The van der Waals surface area contributed by atoms with Crippen LogP contribution in [0.1, 0.15) is 5.01 Å². The number of rotatable bonds is 4. The van der Waals surface area contributed by atoms with E-state index in [4.69, 9.17) is 0 Å². The van der Waals surface area contributed by atoms with Crippen molar-refractivity contribution in [3.63, 3.8) is 0 Å². The molecular weight excluding hydrogens is 418 g/mol. The number of allylic oxidation sites excluding steroid dienone is 1. The van der Waals surface area contributed by atoms with Crippen molar-refractivity contribution in [3.05, 3.63) is 87.8 Å². The van der Waals surface area contributed by atoms with E-state index in [-0.39, 0.29) is 0 Å². The molecule has 0 spiro atoms. The summed E-state index contributed by atoms with van der Waals surface area (Å²) >= 11 is 4.90. The Balaban J connectivity index is 1.58. The zero-order valence-corrected chi connectivity index (χ0v) is 16.6. The van der Waals surface area contributed by atoms with Crippen LogP contribution in [-0.2, 0) is 0 Å². The van der Waals surface area contributed by atoms with Crippen LogP contribution >= 0.6 is 27.3 Å². The van der Waals surface area contributed by atoms with Crippen LogP contribution < -0.4 is 5.32 Å². The number of aromatic nitrogens is 1. The van der Waals surface area contributed by atoms with E-state index in [0.717, 1.165) is 26.8 Å². The fourth-order valence-corrected chi connectivity index (χ4v) is 3.79. The number of hydrogen-bond acceptors (Lipinski definition) is 4. The molecule has 3 nitrogen and oxygen atoms in total. The van der Waals surface area contributed by atoms with Crippen molar-refractivity contribution in [2.24, 2.45) is 0 Å². The molecule has 5 heteroatoms. The molecule has 0 bridgehead atoms. The molecule has 0 fully saturated rings. The third-order valence-corrected chi connectivity index (χ3v) is 5.53. The summed E-state index contributed by atoms with van der Waals surface area (Å²) in [5.41, 5.74) is 3.34. The Morgan fingerprint density at radius 2 is 1.81 bits per heavy atom. The number of nitrogens with zero attached hydrogens (tertiary/aromatic N) is 2. The second-order valence-corrected chi connectivity index (χ2v) is 7.69. The first kappa shape index (κ1) is 17.5. The Kier molecular flexibility index (Phi) is 5.01. The number of hydrogen-bond donors (Lipinski definition) is 1. The van der Waals surface area contributed by atoms with Crippen molar-refractivity contribution in [2.75, 3.05) is 5.32 Å². The lowest BCUT2D eigenvalue weighted by atomic mass is 10.1. The smallest absolute Gasteiger partial charge is 0.136 e. The molecule has 0 amide bonds. The molecule has 0 unspecified atom stereocenters. The van der Waals surface area contributed by atoms with E-state index in [0.29, 0.717) is 10.6 Å². The van der Waals surface area contributed by atoms with E-state index in [1.165, 1.54) is 16.7 Å². The number of fused-ring (bicyclic) bond motifs is 1. The lowest BCUT2D eigenvalue weighted by Crippen LogP contribution is -1.91. The highest BCUT2D eigenvalue weighted by atomic mass is 79.9. The van der Waals surface area contributed by atoms with Crippen molar-refractivity contribution < 1.29 is 0 Å². The van der Waals surface area contributed by atoms with Gasteiger partial charge in [0.05, 0.1) is 5.69 Å². The molecule has 0 atom stereocenters. The van der Waals surface area contributed by atoms with Gasteiger partial charge in [-0.05, 0) is 35.0 Å². The molecule has 3 aromatic carbocycles.